The van der Waals surface area contributed by atoms with Crippen LogP contribution in [0.3, 0.4) is 0 Å². The number of ether oxygens (including phenoxy) is 2. The highest BCUT2D eigenvalue weighted by molar-refractivity contribution is 7.99. The predicted octanol–water partition coefficient (Wildman–Crippen LogP) is 4.81. The van der Waals surface area contributed by atoms with Crippen LogP contribution in [-0.2, 0) is 9.53 Å². The first-order chi connectivity index (χ1) is 21.8. The van der Waals surface area contributed by atoms with Crippen LogP contribution in [0.4, 0.5) is 5.69 Å². The van der Waals surface area contributed by atoms with Crippen LogP contribution in [0.1, 0.15) is 31.0 Å². The number of aromatic nitrogens is 3. The van der Waals surface area contributed by atoms with E-state index in [1.807, 2.05) is 36.4 Å². The summed E-state index contributed by atoms with van der Waals surface area (Å²) in [5.41, 5.74) is 1.17. The van der Waals surface area contributed by atoms with E-state index in [0.717, 1.165) is 33.9 Å². The number of carbonyl (C=O) groups excluding carboxylic acids is 1. The third-order valence-electron chi connectivity index (χ3n) is 7.16. The molecule has 0 spiro atoms. The summed E-state index contributed by atoms with van der Waals surface area (Å²) in [7, 11) is 1.54. The summed E-state index contributed by atoms with van der Waals surface area (Å²) in [4.78, 5) is 52.8. The fourth-order valence-corrected chi connectivity index (χ4v) is 7.09. The number of allylic oxidation sites excluding steroid dienone is 1. The molecule has 0 bridgehead atoms. The van der Waals surface area contributed by atoms with Gasteiger partial charge in [-0.05, 0) is 66.2 Å². The molecule has 3 heterocycles. The number of fused-ring (bicyclic) bond motifs is 2. The molecule has 1 aliphatic rings. The summed E-state index contributed by atoms with van der Waals surface area (Å²) in [6.07, 6.45) is 4.71. The number of hydrogen-bond donors (Lipinski definition) is 0. The maximum atomic E-state index is 14.2. The van der Waals surface area contributed by atoms with Gasteiger partial charge in [-0.25, -0.2) is 19.8 Å². The lowest BCUT2D eigenvalue weighted by Gasteiger charge is -2.27. The Morgan fingerprint density at radius 1 is 1.13 bits per heavy atom. The minimum absolute atomic E-state index is 0.142. The number of nitro groups is 1. The minimum Gasteiger partial charge on any atom is -0.496 e. The van der Waals surface area contributed by atoms with E-state index in [0.29, 0.717) is 37.4 Å². The van der Waals surface area contributed by atoms with Crippen molar-refractivity contribution in [1.29, 1.82) is 0 Å². The Bertz CT molecular complexity index is 2190. The maximum absolute atomic E-state index is 14.2. The molecule has 0 unspecified atom stereocenters. The van der Waals surface area contributed by atoms with Crippen LogP contribution in [-0.4, -0.2) is 39.1 Å². The molecule has 226 valence electrons. The van der Waals surface area contributed by atoms with E-state index < -0.39 is 22.5 Å². The first kappa shape index (κ1) is 29.9. The fourth-order valence-electron chi connectivity index (χ4n) is 5.24. The van der Waals surface area contributed by atoms with Crippen molar-refractivity contribution in [3.63, 3.8) is 0 Å². The molecule has 0 radical (unpaired) electrons. The third-order valence-corrected chi connectivity index (χ3v) is 9.10. The van der Waals surface area contributed by atoms with E-state index in [1.54, 1.807) is 50.5 Å². The summed E-state index contributed by atoms with van der Waals surface area (Å²) in [6.45, 7) is 3.57. The lowest BCUT2D eigenvalue weighted by atomic mass is 9.90. The Kier molecular flexibility index (Phi) is 8.28. The van der Waals surface area contributed by atoms with E-state index in [1.165, 1.54) is 17.7 Å². The van der Waals surface area contributed by atoms with Gasteiger partial charge in [0.15, 0.2) is 9.96 Å². The average Bonchev–Trinajstić information content (AvgIpc) is 3.34. The van der Waals surface area contributed by atoms with Crippen LogP contribution < -0.4 is 19.6 Å². The topological polar surface area (TPSA) is 139 Å². The normalized spacial score (nSPS) is 14.6. The molecule has 0 fully saturated rings. The zero-order chi connectivity index (χ0) is 31.7. The van der Waals surface area contributed by atoms with Crippen LogP contribution in [0.15, 0.2) is 104 Å². The van der Waals surface area contributed by atoms with Crippen LogP contribution in [0.2, 0.25) is 0 Å². The van der Waals surface area contributed by atoms with Gasteiger partial charge in [-0.2, -0.15) is 0 Å². The largest absolute Gasteiger partial charge is 0.496 e. The van der Waals surface area contributed by atoms with Gasteiger partial charge in [0, 0.05) is 24.0 Å². The summed E-state index contributed by atoms with van der Waals surface area (Å²) in [5, 5.41) is 14.1. The Morgan fingerprint density at radius 2 is 1.91 bits per heavy atom. The molecule has 5 aromatic rings. The van der Waals surface area contributed by atoms with Crippen molar-refractivity contribution in [2.45, 2.75) is 29.9 Å². The third kappa shape index (κ3) is 5.63. The number of nitro benzene ring substituents is 1. The second-order valence-electron chi connectivity index (χ2n) is 9.82. The number of nitrogens with zero attached hydrogens (tertiary/aromatic N) is 5. The maximum Gasteiger partial charge on any atom is 0.338 e. The number of benzene rings is 3. The highest BCUT2D eigenvalue weighted by Crippen LogP contribution is 2.40. The lowest BCUT2D eigenvalue weighted by molar-refractivity contribution is -0.387. The van der Waals surface area contributed by atoms with E-state index in [4.69, 9.17) is 9.47 Å². The Morgan fingerprint density at radius 3 is 2.64 bits per heavy atom. The highest BCUT2D eigenvalue weighted by Gasteiger charge is 2.36. The number of rotatable bonds is 8. The molecular formula is C32H25N5O6S2. The molecule has 0 saturated heterocycles. The number of thiazole rings is 1. The van der Waals surface area contributed by atoms with E-state index >= 15 is 0 Å². The van der Waals surface area contributed by atoms with Crippen molar-refractivity contribution < 1.29 is 19.2 Å². The SMILES string of the molecule is CCOC(=O)C1=C(C)N=c2s/c(=C/c3ccc(Sc4ncccn4)c([N+](=O)[O-])c3)c(=O)n2[C@H]1c1c(OC)ccc2ccccc12. The first-order valence-corrected chi connectivity index (χ1v) is 15.4. The van der Waals surface area contributed by atoms with Crippen LogP contribution >= 0.6 is 23.1 Å². The van der Waals surface area contributed by atoms with Gasteiger partial charge >= 0.3 is 5.97 Å². The number of esters is 1. The van der Waals surface area contributed by atoms with E-state index in [-0.39, 0.29) is 22.4 Å². The number of carbonyl (C=O) groups is 1. The smallest absolute Gasteiger partial charge is 0.338 e. The fraction of sp³-hybridized carbons (Fsp3) is 0.156. The van der Waals surface area contributed by atoms with Gasteiger partial charge in [0.1, 0.15) is 11.8 Å². The van der Waals surface area contributed by atoms with Crippen molar-refractivity contribution in [3.05, 3.63) is 125 Å². The predicted molar refractivity (Wildman–Crippen MR) is 170 cm³/mol. The molecule has 1 atom stereocenters. The second kappa shape index (κ2) is 12.5. The Hall–Kier alpha value is -5.14. The standard InChI is InChI=1S/C32H25N5O6S2/c1-4-43-30(39)26-18(2)35-32-36(28(26)27-21-9-6-5-8-20(21)11-12-23(27)42-3)29(38)25(45-32)17-19-10-13-24(22(16-19)37(40)41)44-31-33-14-7-15-34-31/h5-17,28H,4H2,1-3H3/b25-17+/t28-/m1/s1. The Labute approximate surface area is 264 Å². The van der Waals surface area contributed by atoms with Crippen LogP contribution in [0.5, 0.6) is 5.75 Å². The minimum atomic E-state index is -0.900. The summed E-state index contributed by atoms with van der Waals surface area (Å²) in [5.74, 6) is -0.0880. The quantitative estimate of drug-likeness (QED) is 0.101. The summed E-state index contributed by atoms with van der Waals surface area (Å²) >= 11 is 2.21. The lowest BCUT2D eigenvalue weighted by Crippen LogP contribution is -2.40. The van der Waals surface area contributed by atoms with Crippen molar-refractivity contribution in [2.24, 2.45) is 4.99 Å². The molecule has 6 rings (SSSR count). The molecule has 0 saturated carbocycles. The summed E-state index contributed by atoms with van der Waals surface area (Å²) < 4.78 is 13.0. The Balaban J connectivity index is 1.55. The monoisotopic (exact) mass is 639 g/mol. The van der Waals surface area contributed by atoms with Gasteiger partial charge < -0.3 is 9.47 Å². The first-order valence-electron chi connectivity index (χ1n) is 13.8. The number of methoxy groups -OCH3 is 1. The summed E-state index contributed by atoms with van der Waals surface area (Å²) in [6, 6.07) is 16.8. The molecule has 13 heteroatoms. The second-order valence-corrected chi connectivity index (χ2v) is 11.8. The van der Waals surface area contributed by atoms with Crippen molar-refractivity contribution >= 4 is 51.6 Å². The molecule has 11 nitrogen and oxygen atoms in total. The van der Waals surface area contributed by atoms with Crippen LogP contribution in [0.25, 0.3) is 16.8 Å². The van der Waals surface area contributed by atoms with Crippen molar-refractivity contribution in [3.8, 4) is 5.75 Å². The van der Waals surface area contributed by atoms with E-state index in [2.05, 4.69) is 15.0 Å². The molecule has 3 aromatic carbocycles. The van der Waals surface area contributed by atoms with Crippen molar-refractivity contribution in [2.75, 3.05) is 13.7 Å². The molecule has 1 aliphatic heterocycles. The molecular weight excluding hydrogens is 615 g/mol. The van der Waals surface area contributed by atoms with Crippen LogP contribution in [0, 0.1) is 10.1 Å². The highest BCUT2D eigenvalue weighted by atomic mass is 32.2. The van der Waals surface area contributed by atoms with Gasteiger partial charge in [0.25, 0.3) is 11.2 Å². The average molecular weight is 640 g/mol. The molecule has 0 amide bonds. The van der Waals surface area contributed by atoms with E-state index in [9.17, 15) is 19.7 Å². The van der Waals surface area contributed by atoms with Gasteiger partial charge in [-0.1, -0.05) is 47.7 Å². The van der Waals surface area contributed by atoms with Gasteiger partial charge in [0.2, 0.25) is 0 Å². The zero-order valence-electron chi connectivity index (χ0n) is 24.3. The zero-order valence-corrected chi connectivity index (χ0v) is 25.9. The molecule has 2 aromatic heterocycles. The molecule has 0 aliphatic carbocycles. The number of hydrogen-bond acceptors (Lipinski definition) is 11. The molecule has 45 heavy (non-hydrogen) atoms. The van der Waals surface area contributed by atoms with Gasteiger partial charge in [-0.3, -0.25) is 19.5 Å². The van der Waals surface area contributed by atoms with Crippen molar-refractivity contribution in [1.82, 2.24) is 14.5 Å². The molecule has 0 N–H and O–H groups in total. The van der Waals surface area contributed by atoms with Gasteiger partial charge in [-0.15, -0.1) is 0 Å². The van der Waals surface area contributed by atoms with Gasteiger partial charge in [0.05, 0.1) is 39.3 Å².